The maximum Gasteiger partial charge on any atom is 0.253 e. The van der Waals surface area contributed by atoms with Gasteiger partial charge >= 0.3 is 0 Å². The van der Waals surface area contributed by atoms with E-state index in [1.807, 2.05) is 32.0 Å². The van der Waals surface area contributed by atoms with Gasteiger partial charge in [-0.25, -0.2) is 13.4 Å². The van der Waals surface area contributed by atoms with Crippen LogP contribution in [0.5, 0.6) is 0 Å². The molecule has 1 aromatic heterocycles. The molecule has 2 N–H and O–H groups in total. The fourth-order valence-corrected chi connectivity index (χ4v) is 4.30. The maximum absolute atomic E-state index is 12.2. The zero-order chi connectivity index (χ0) is 18.0. The van der Waals surface area contributed by atoms with E-state index in [-0.39, 0.29) is 4.90 Å². The summed E-state index contributed by atoms with van der Waals surface area (Å²) in [6.07, 6.45) is 0. The molecule has 2 aromatic carbocycles. The molecule has 1 amide bonds. The van der Waals surface area contributed by atoms with Gasteiger partial charge in [-0.05, 0) is 43.7 Å². The number of amides is 1. The number of aromatic nitrogens is 1. The average Bonchev–Trinajstić information content (AvgIpc) is 2.95. The Morgan fingerprint density at radius 3 is 2.48 bits per heavy atom. The molecule has 0 unspecified atom stereocenters. The monoisotopic (exact) mass is 375 g/mol. The van der Waals surface area contributed by atoms with E-state index in [4.69, 9.17) is 0 Å². The summed E-state index contributed by atoms with van der Waals surface area (Å²) in [6, 6.07) is 12.3. The number of hydrogen-bond acceptors (Lipinski definition) is 6. The van der Waals surface area contributed by atoms with Crippen molar-refractivity contribution in [2.24, 2.45) is 0 Å². The molecule has 25 heavy (non-hydrogen) atoms. The Morgan fingerprint density at radius 2 is 1.76 bits per heavy atom. The van der Waals surface area contributed by atoms with E-state index < -0.39 is 21.5 Å². The maximum atomic E-state index is 12.2. The van der Waals surface area contributed by atoms with Gasteiger partial charge in [-0.2, -0.15) is 0 Å². The van der Waals surface area contributed by atoms with Crippen LogP contribution in [0.1, 0.15) is 11.1 Å². The predicted molar refractivity (Wildman–Crippen MR) is 99.4 cm³/mol. The van der Waals surface area contributed by atoms with E-state index >= 15 is 0 Å². The highest BCUT2D eigenvalue weighted by atomic mass is 32.2. The van der Waals surface area contributed by atoms with Crippen LogP contribution in [0.3, 0.4) is 0 Å². The molecule has 0 bridgehead atoms. The molecule has 6 nitrogen and oxygen atoms in total. The molecule has 0 spiro atoms. The van der Waals surface area contributed by atoms with Crippen LogP contribution in [0.25, 0.3) is 10.2 Å². The molecule has 130 valence electrons. The van der Waals surface area contributed by atoms with Crippen molar-refractivity contribution in [3.05, 3.63) is 53.6 Å². The van der Waals surface area contributed by atoms with Gasteiger partial charge in [-0.15, -0.1) is 0 Å². The van der Waals surface area contributed by atoms with Crippen LogP contribution < -0.4 is 10.9 Å². The molecule has 8 heteroatoms. The van der Waals surface area contributed by atoms with Crippen molar-refractivity contribution < 1.29 is 13.2 Å². The second kappa shape index (κ2) is 6.81. The lowest BCUT2D eigenvalue weighted by molar-refractivity contribution is -0.118. The van der Waals surface area contributed by atoms with Crippen molar-refractivity contribution in [2.45, 2.75) is 18.7 Å². The molecule has 0 atom stereocenters. The van der Waals surface area contributed by atoms with Crippen molar-refractivity contribution in [1.82, 2.24) is 10.4 Å². The average molecular weight is 375 g/mol. The number of nitrogens with zero attached hydrogens (tertiary/aromatic N) is 1. The van der Waals surface area contributed by atoms with Crippen LogP contribution in [-0.2, 0) is 14.6 Å². The van der Waals surface area contributed by atoms with Crippen LogP contribution in [0.2, 0.25) is 0 Å². The SMILES string of the molecule is Cc1ccc(S(=O)(=O)CC(=O)NNc2nc3ccc(C)cc3s2)cc1. The first-order chi connectivity index (χ1) is 11.8. The number of fused-ring (bicyclic) bond motifs is 1. The van der Waals surface area contributed by atoms with Crippen LogP contribution in [0.4, 0.5) is 5.13 Å². The summed E-state index contributed by atoms with van der Waals surface area (Å²) in [5.74, 6) is -1.27. The second-order valence-corrected chi connectivity index (χ2v) is 8.76. The number of sulfone groups is 1. The number of carbonyl (C=O) groups is 1. The molecule has 0 saturated carbocycles. The normalized spacial score (nSPS) is 11.4. The quantitative estimate of drug-likeness (QED) is 0.670. The highest BCUT2D eigenvalue weighted by Crippen LogP contribution is 2.26. The van der Waals surface area contributed by atoms with Crippen molar-refractivity contribution in [2.75, 3.05) is 11.2 Å². The van der Waals surface area contributed by atoms with Crippen molar-refractivity contribution >= 4 is 42.4 Å². The highest BCUT2D eigenvalue weighted by Gasteiger charge is 2.19. The van der Waals surface area contributed by atoms with Gasteiger partial charge in [0.2, 0.25) is 5.13 Å². The summed E-state index contributed by atoms with van der Waals surface area (Å²) < 4.78 is 25.5. The minimum Gasteiger partial charge on any atom is -0.273 e. The topological polar surface area (TPSA) is 88.2 Å². The molecule has 0 aliphatic rings. The van der Waals surface area contributed by atoms with Crippen LogP contribution in [0.15, 0.2) is 47.4 Å². The number of aryl methyl sites for hydroxylation is 2. The Hall–Kier alpha value is -2.45. The largest absolute Gasteiger partial charge is 0.273 e. The first-order valence-corrected chi connectivity index (χ1v) is 10.0. The van der Waals surface area contributed by atoms with Crippen LogP contribution in [0, 0.1) is 13.8 Å². The third-order valence-corrected chi connectivity index (χ3v) is 6.12. The van der Waals surface area contributed by atoms with E-state index in [2.05, 4.69) is 15.8 Å². The molecule has 0 aliphatic heterocycles. The van der Waals surface area contributed by atoms with Crippen LogP contribution in [-0.4, -0.2) is 25.1 Å². The second-order valence-electron chi connectivity index (χ2n) is 5.74. The molecule has 3 rings (SSSR count). The Balaban J connectivity index is 1.64. The van der Waals surface area contributed by atoms with E-state index in [9.17, 15) is 13.2 Å². The molecular formula is C17H17N3O3S2. The number of hydrogen-bond donors (Lipinski definition) is 2. The number of hydrazine groups is 1. The third-order valence-electron chi connectivity index (χ3n) is 3.55. The summed E-state index contributed by atoms with van der Waals surface area (Å²) in [5.41, 5.74) is 7.97. The number of anilines is 1. The van der Waals surface area contributed by atoms with Gasteiger partial charge in [-0.3, -0.25) is 15.6 Å². The van der Waals surface area contributed by atoms with Gasteiger partial charge in [0.25, 0.3) is 5.91 Å². The van der Waals surface area contributed by atoms with E-state index in [0.29, 0.717) is 5.13 Å². The zero-order valence-corrected chi connectivity index (χ0v) is 15.4. The van der Waals surface area contributed by atoms with Crippen molar-refractivity contribution in [3.63, 3.8) is 0 Å². The van der Waals surface area contributed by atoms with Gasteiger partial charge in [0, 0.05) is 0 Å². The van der Waals surface area contributed by atoms with Gasteiger partial charge in [0.05, 0.1) is 15.1 Å². The van der Waals surface area contributed by atoms with E-state index in [1.165, 1.54) is 23.5 Å². The van der Waals surface area contributed by atoms with Gasteiger partial charge in [0.15, 0.2) is 9.84 Å². The molecule has 1 heterocycles. The summed E-state index contributed by atoms with van der Waals surface area (Å²) in [4.78, 5) is 16.4. The molecule has 0 radical (unpaired) electrons. The van der Waals surface area contributed by atoms with Crippen LogP contribution >= 0.6 is 11.3 Å². The smallest absolute Gasteiger partial charge is 0.253 e. The lowest BCUT2D eigenvalue weighted by Crippen LogP contribution is -2.34. The zero-order valence-electron chi connectivity index (χ0n) is 13.7. The van der Waals surface area contributed by atoms with Gasteiger partial charge in [-0.1, -0.05) is 35.1 Å². The Bertz CT molecular complexity index is 1020. The van der Waals surface area contributed by atoms with Crippen molar-refractivity contribution in [3.8, 4) is 0 Å². The number of rotatable bonds is 5. The first kappa shape index (κ1) is 17.4. The number of benzene rings is 2. The molecular weight excluding hydrogens is 358 g/mol. The standard InChI is InChI=1S/C17H17N3O3S2/c1-11-3-6-13(7-4-11)25(22,23)10-16(21)19-20-17-18-14-8-5-12(2)9-15(14)24-17/h3-9H,10H2,1-2H3,(H,18,20)(H,19,21). The molecule has 0 aliphatic carbocycles. The highest BCUT2D eigenvalue weighted by molar-refractivity contribution is 7.92. The Morgan fingerprint density at radius 1 is 1.08 bits per heavy atom. The lowest BCUT2D eigenvalue weighted by atomic mass is 10.2. The summed E-state index contributed by atoms with van der Waals surface area (Å²) >= 11 is 1.38. The minimum absolute atomic E-state index is 0.128. The Kier molecular flexibility index (Phi) is 4.73. The fraction of sp³-hybridized carbons (Fsp3) is 0.176. The fourth-order valence-electron chi connectivity index (χ4n) is 2.25. The number of nitrogens with one attached hydrogen (secondary N) is 2. The number of thiazole rings is 1. The minimum atomic E-state index is -3.68. The third kappa shape index (κ3) is 4.15. The Labute approximate surface area is 149 Å². The lowest BCUT2D eigenvalue weighted by Gasteiger charge is -2.07. The van der Waals surface area contributed by atoms with Gasteiger partial charge < -0.3 is 0 Å². The predicted octanol–water partition coefficient (Wildman–Crippen LogP) is 2.83. The van der Waals surface area contributed by atoms with E-state index in [0.717, 1.165) is 21.3 Å². The summed E-state index contributed by atoms with van der Waals surface area (Å²) in [6.45, 7) is 3.86. The number of carbonyl (C=O) groups excluding carboxylic acids is 1. The van der Waals surface area contributed by atoms with E-state index in [1.54, 1.807) is 12.1 Å². The molecule has 0 fully saturated rings. The molecule has 0 saturated heterocycles. The summed E-state index contributed by atoms with van der Waals surface area (Å²) in [5, 5.41) is 0.502. The van der Waals surface area contributed by atoms with Crippen molar-refractivity contribution in [1.29, 1.82) is 0 Å². The first-order valence-electron chi connectivity index (χ1n) is 7.55. The molecule has 3 aromatic rings. The summed E-state index contributed by atoms with van der Waals surface area (Å²) in [7, 11) is -3.68. The van der Waals surface area contributed by atoms with Gasteiger partial charge in [0.1, 0.15) is 5.75 Å².